The van der Waals surface area contributed by atoms with Crippen molar-refractivity contribution in [3.8, 4) is 0 Å². The van der Waals surface area contributed by atoms with Crippen LogP contribution in [0.4, 0.5) is 0 Å². The van der Waals surface area contributed by atoms with E-state index in [0.717, 1.165) is 0 Å². The molecule has 14 nitrogen and oxygen atoms in total. The molecule has 0 saturated carbocycles. The smallest absolute Gasteiger partial charge is 0.326 e. The van der Waals surface area contributed by atoms with E-state index in [0.29, 0.717) is 12.1 Å². The molecule has 5 unspecified atom stereocenters. The lowest BCUT2D eigenvalue weighted by molar-refractivity contribution is -0.143. The summed E-state index contributed by atoms with van der Waals surface area (Å²) in [6.45, 7) is 2.61. The van der Waals surface area contributed by atoms with Crippen LogP contribution in [0.25, 0.3) is 0 Å². The van der Waals surface area contributed by atoms with Crippen LogP contribution < -0.4 is 21.7 Å². The van der Waals surface area contributed by atoms with Gasteiger partial charge in [-0.2, -0.15) is 0 Å². The number of aromatic amines is 1. The molecule has 9 N–H and O–H groups in total. The molecule has 0 spiro atoms. The Kier molecular flexibility index (Phi) is 11.7. The molecule has 1 rings (SSSR count). The van der Waals surface area contributed by atoms with Crippen molar-refractivity contribution in [3.63, 3.8) is 0 Å². The van der Waals surface area contributed by atoms with Crippen LogP contribution >= 0.6 is 0 Å². The summed E-state index contributed by atoms with van der Waals surface area (Å²) in [5, 5.41) is 34.6. The lowest BCUT2D eigenvalue weighted by Gasteiger charge is -2.27. The predicted molar refractivity (Wildman–Crippen MR) is 117 cm³/mol. The van der Waals surface area contributed by atoms with Crippen molar-refractivity contribution in [2.75, 3.05) is 6.61 Å². The number of nitrogens with zero attached hydrogens (tertiary/aromatic N) is 1. The van der Waals surface area contributed by atoms with E-state index in [-0.39, 0.29) is 12.8 Å². The highest BCUT2D eigenvalue weighted by molar-refractivity contribution is 5.94. The van der Waals surface area contributed by atoms with Gasteiger partial charge in [-0.1, -0.05) is 20.3 Å². The number of nitrogens with two attached hydrogens (primary N) is 1. The highest BCUT2D eigenvalue weighted by atomic mass is 16.4. The number of hydrogen-bond acceptors (Lipinski definition) is 8. The first-order valence-corrected chi connectivity index (χ1v) is 10.7. The van der Waals surface area contributed by atoms with E-state index in [9.17, 15) is 34.2 Å². The number of H-pyrrole nitrogens is 1. The minimum atomic E-state index is -1.47. The second kappa shape index (κ2) is 13.9. The van der Waals surface area contributed by atoms with E-state index < -0.39 is 72.8 Å². The van der Waals surface area contributed by atoms with Crippen molar-refractivity contribution in [2.45, 2.75) is 63.7 Å². The number of rotatable bonds is 15. The molecular formula is C20H32N6O8. The molecule has 0 saturated heterocycles. The molecule has 0 bridgehead atoms. The lowest BCUT2D eigenvalue weighted by Crippen LogP contribution is -2.59. The van der Waals surface area contributed by atoms with Crippen LogP contribution in [0.1, 0.15) is 38.8 Å². The molecule has 0 fully saturated rings. The average Bonchev–Trinajstić information content (AvgIpc) is 3.29. The van der Waals surface area contributed by atoms with Crippen molar-refractivity contribution in [1.29, 1.82) is 0 Å². The summed E-state index contributed by atoms with van der Waals surface area (Å²) in [5.74, 6) is -5.51. The van der Waals surface area contributed by atoms with Gasteiger partial charge in [-0.25, -0.2) is 9.78 Å². The zero-order chi connectivity index (χ0) is 25.8. The van der Waals surface area contributed by atoms with Crippen LogP contribution in [0.15, 0.2) is 12.5 Å². The summed E-state index contributed by atoms with van der Waals surface area (Å²) in [6, 6.07) is -5.13. The summed E-state index contributed by atoms with van der Waals surface area (Å²) in [4.78, 5) is 66.5. The van der Waals surface area contributed by atoms with E-state index in [4.69, 9.17) is 10.8 Å². The summed E-state index contributed by atoms with van der Waals surface area (Å²) in [5.41, 5.74) is 6.42. The molecular weight excluding hydrogens is 452 g/mol. The lowest BCUT2D eigenvalue weighted by atomic mass is 9.97. The quantitative estimate of drug-likeness (QED) is 0.133. The summed E-state index contributed by atoms with van der Waals surface area (Å²) >= 11 is 0. The highest BCUT2D eigenvalue weighted by Gasteiger charge is 2.32. The van der Waals surface area contributed by atoms with Gasteiger partial charge in [-0.15, -0.1) is 0 Å². The first-order chi connectivity index (χ1) is 16.0. The molecule has 5 atom stereocenters. The van der Waals surface area contributed by atoms with E-state index in [2.05, 4.69) is 25.9 Å². The van der Waals surface area contributed by atoms with Crippen molar-refractivity contribution in [2.24, 2.45) is 11.7 Å². The molecule has 0 aliphatic heterocycles. The number of nitrogens with one attached hydrogen (secondary N) is 4. The summed E-state index contributed by atoms with van der Waals surface area (Å²) in [7, 11) is 0. The standard InChI is InChI=1S/C20H32N6O8/c1-3-10(2)16(19(32)24-13(20(33)34)4-5-15(28)29)26-18(31)14(8-27)25-17(30)12(21)6-11-7-22-9-23-11/h7,9-10,12-14,16,27H,3-6,8,21H2,1-2H3,(H,22,23)(H,24,32)(H,25,30)(H,26,31)(H,28,29)(H,33,34). The molecule has 14 heteroatoms. The average molecular weight is 485 g/mol. The number of aromatic nitrogens is 2. The van der Waals surface area contributed by atoms with Gasteiger partial charge in [0, 0.05) is 24.7 Å². The third-order valence-electron chi connectivity index (χ3n) is 5.20. The number of carbonyl (C=O) groups excluding carboxylic acids is 3. The zero-order valence-electron chi connectivity index (χ0n) is 19.0. The Balaban J connectivity index is 2.84. The number of amides is 3. The van der Waals surface area contributed by atoms with Gasteiger partial charge in [0.05, 0.1) is 19.0 Å². The van der Waals surface area contributed by atoms with Crippen molar-refractivity contribution >= 4 is 29.7 Å². The Hall–Kier alpha value is -3.52. The molecule has 3 amide bonds. The number of aliphatic carboxylic acids is 2. The second-order valence-corrected chi connectivity index (χ2v) is 7.83. The Bertz CT molecular complexity index is 846. The number of carboxylic acid groups (broad SMARTS) is 2. The third kappa shape index (κ3) is 9.15. The number of aliphatic hydroxyl groups excluding tert-OH is 1. The summed E-state index contributed by atoms with van der Waals surface area (Å²) in [6.07, 6.45) is 2.61. The fourth-order valence-electron chi connectivity index (χ4n) is 2.94. The zero-order valence-corrected chi connectivity index (χ0v) is 19.0. The Labute approximate surface area is 195 Å². The highest BCUT2D eigenvalue weighted by Crippen LogP contribution is 2.10. The molecule has 0 aromatic carbocycles. The Morgan fingerprint density at radius 2 is 1.71 bits per heavy atom. The Morgan fingerprint density at radius 1 is 1.06 bits per heavy atom. The number of hydrogen-bond donors (Lipinski definition) is 8. The van der Waals surface area contributed by atoms with Crippen LogP contribution in [0.3, 0.4) is 0 Å². The van der Waals surface area contributed by atoms with Gasteiger partial charge >= 0.3 is 11.9 Å². The van der Waals surface area contributed by atoms with E-state index >= 15 is 0 Å². The van der Waals surface area contributed by atoms with Gasteiger partial charge < -0.3 is 42.0 Å². The van der Waals surface area contributed by atoms with Crippen molar-refractivity contribution in [3.05, 3.63) is 18.2 Å². The van der Waals surface area contributed by atoms with Gasteiger partial charge in [0.2, 0.25) is 17.7 Å². The van der Waals surface area contributed by atoms with E-state index in [1.165, 1.54) is 12.5 Å². The molecule has 0 radical (unpaired) electrons. The molecule has 0 aliphatic carbocycles. The monoisotopic (exact) mass is 484 g/mol. The van der Waals surface area contributed by atoms with Crippen LogP contribution in [0.5, 0.6) is 0 Å². The van der Waals surface area contributed by atoms with Gasteiger partial charge in [-0.05, 0) is 12.3 Å². The SMILES string of the molecule is CCC(C)C(NC(=O)C(CO)NC(=O)C(N)Cc1cnc[nH]1)C(=O)NC(CCC(=O)O)C(=O)O. The van der Waals surface area contributed by atoms with E-state index in [1.54, 1.807) is 13.8 Å². The number of carboxylic acids is 2. The fraction of sp³-hybridized carbons (Fsp3) is 0.600. The Morgan fingerprint density at radius 3 is 2.21 bits per heavy atom. The molecule has 34 heavy (non-hydrogen) atoms. The molecule has 1 aromatic heterocycles. The van der Waals surface area contributed by atoms with E-state index in [1.807, 2.05) is 0 Å². The third-order valence-corrected chi connectivity index (χ3v) is 5.20. The second-order valence-electron chi connectivity index (χ2n) is 7.83. The first kappa shape index (κ1) is 28.5. The predicted octanol–water partition coefficient (Wildman–Crippen LogP) is -2.28. The largest absolute Gasteiger partial charge is 0.481 e. The normalized spacial score (nSPS) is 15.3. The minimum Gasteiger partial charge on any atom is -0.481 e. The number of carbonyl (C=O) groups is 5. The van der Waals surface area contributed by atoms with Gasteiger partial charge in [0.1, 0.15) is 18.1 Å². The molecule has 0 aliphatic rings. The minimum absolute atomic E-state index is 0.108. The molecule has 190 valence electrons. The van der Waals surface area contributed by atoms with Crippen LogP contribution in [0, 0.1) is 5.92 Å². The van der Waals surface area contributed by atoms with Gasteiger partial charge in [0.15, 0.2) is 0 Å². The topological polar surface area (TPSA) is 237 Å². The molecule has 1 heterocycles. The van der Waals surface area contributed by atoms with Crippen molar-refractivity contribution in [1.82, 2.24) is 25.9 Å². The first-order valence-electron chi connectivity index (χ1n) is 10.7. The van der Waals surface area contributed by atoms with Crippen LogP contribution in [-0.4, -0.2) is 85.7 Å². The maximum Gasteiger partial charge on any atom is 0.326 e. The number of imidazole rings is 1. The molecule has 1 aromatic rings. The van der Waals surface area contributed by atoms with Crippen LogP contribution in [0.2, 0.25) is 0 Å². The fourth-order valence-corrected chi connectivity index (χ4v) is 2.94. The number of aliphatic hydroxyl groups is 1. The maximum atomic E-state index is 12.7. The summed E-state index contributed by atoms with van der Waals surface area (Å²) < 4.78 is 0. The van der Waals surface area contributed by atoms with Crippen molar-refractivity contribution < 1.29 is 39.3 Å². The maximum absolute atomic E-state index is 12.7. The van der Waals surface area contributed by atoms with Gasteiger partial charge in [0.25, 0.3) is 0 Å². The van der Waals surface area contributed by atoms with Gasteiger partial charge in [-0.3, -0.25) is 19.2 Å². The van der Waals surface area contributed by atoms with Crippen LogP contribution in [-0.2, 0) is 30.4 Å².